The van der Waals surface area contributed by atoms with E-state index < -0.39 is 11.6 Å². The number of ether oxygens (including phenoxy) is 1. The lowest BCUT2D eigenvalue weighted by molar-refractivity contribution is 0.0500. The van der Waals surface area contributed by atoms with E-state index in [4.69, 9.17) is 4.74 Å². The van der Waals surface area contributed by atoms with Gasteiger partial charge in [0.2, 0.25) is 0 Å². The van der Waals surface area contributed by atoms with Crippen molar-refractivity contribution in [1.29, 1.82) is 0 Å². The second kappa shape index (κ2) is 12.0. The zero-order chi connectivity index (χ0) is 26.3. The Morgan fingerprint density at radius 3 is 2.28 bits per heavy atom. The summed E-state index contributed by atoms with van der Waals surface area (Å²) in [7, 11) is 0. The summed E-state index contributed by atoms with van der Waals surface area (Å²) in [4.78, 5) is 29.4. The molecule has 192 valence electrons. The van der Waals surface area contributed by atoms with E-state index in [-0.39, 0.29) is 17.4 Å². The molecule has 0 spiro atoms. The van der Waals surface area contributed by atoms with Crippen molar-refractivity contribution in [3.8, 4) is 11.1 Å². The lowest BCUT2D eigenvalue weighted by Gasteiger charge is -2.16. The predicted octanol–water partition coefficient (Wildman–Crippen LogP) is 5.82. The number of aryl methyl sites for hydroxylation is 1. The van der Waals surface area contributed by atoms with Crippen LogP contribution in [0.2, 0.25) is 0 Å². The zero-order valence-corrected chi connectivity index (χ0v) is 21.6. The molecule has 0 atom stereocenters. The molecule has 3 aromatic rings. The Labute approximate surface area is 212 Å². The van der Waals surface area contributed by atoms with Crippen LogP contribution in [0, 0.1) is 0 Å². The lowest BCUT2D eigenvalue weighted by atomic mass is 9.98. The monoisotopic (exact) mass is 492 g/mol. The Kier molecular flexibility index (Phi) is 9.04. The van der Waals surface area contributed by atoms with Crippen molar-refractivity contribution >= 4 is 11.9 Å². The summed E-state index contributed by atoms with van der Waals surface area (Å²) in [5, 5.41) is 20.5. The Hall–Kier alpha value is -3.45. The summed E-state index contributed by atoms with van der Waals surface area (Å²) >= 11 is 0. The molecule has 0 fully saturated rings. The Bertz CT molecular complexity index is 1190. The average molecular weight is 493 g/mol. The average Bonchev–Trinajstić information content (AvgIpc) is 3.22. The number of carbonyl (C=O) groups excluding carboxylic acids is 1. The van der Waals surface area contributed by atoms with Gasteiger partial charge in [-0.2, -0.15) is 0 Å². The molecule has 1 heterocycles. The van der Waals surface area contributed by atoms with Crippen LogP contribution in [0.15, 0.2) is 48.5 Å². The molecule has 7 nitrogen and oxygen atoms in total. The summed E-state index contributed by atoms with van der Waals surface area (Å²) in [6.45, 7) is 7.92. The fraction of sp³-hybridized carbons (Fsp3) is 0.414. The van der Waals surface area contributed by atoms with Crippen LogP contribution in [0.5, 0.6) is 0 Å². The number of unbranched alkanes of at least 4 members (excludes halogenated alkanes) is 2. The molecule has 3 rings (SSSR count). The van der Waals surface area contributed by atoms with Gasteiger partial charge in [-0.1, -0.05) is 69.2 Å². The van der Waals surface area contributed by atoms with Gasteiger partial charge < -0.3 is 19.5 Å². The molecule has 1 aromatic heterocycles. The number of aromatic nitrogens is 2. The number of carboxylic acids is 1. The molecule has 0 bridgehead atoms. The van der Waals surface area contributed by atoms with Gasteiger partial charge in [0.05, 0.1) is 12.2 Å². The van der Waals surface area contributed by atoms with Crippen molar-refractivity contribution < 1.29 is 24.5 Å². The van der Waals surface area contributed by atoms with Crippen molar-refractivity contribution in [2.75, 3.05) is 6.61 Å². The summed E-state index contributed by atoms with van der Waals surface area (Å²) in [5.41, 5.74) is 1.87. The maximum Gasteiger partial charge on any atom is 0.354 e. The standard InChI is InChI=1S/C29H36N2O5/c1-5-7-13-24-30-26(29(3,4)35)25(27(32)33)31(24)19-20-14-16-21(17-15-20)22-11-9-10-12-23(22)28(34)36-18-8-6-2/h9-12,14-17,35H,5-8,13,18-19H2,1-4H3,(H,32,33). The predicted molar refractivity (Wildman–Crippen MR) is 139 cm³/mol. The van der Waals surface area contributed by atoms with Crippen molar-refractivity contribution in [2.24, 2.45) is 0 Å². The lowest BCUT2D eigenvalue weighted by Crippen LogP contribution is -2.22. The number of benzene rings is 2. The fourth-order valence-corrected chi connectivity index (χ4v) is 4.11. The minimum atomic E-state index is -1.38. The number of carboxylic acid groups (broad SMARTS) is 1. The molecule has 0 aliphatic heterocycles. The van der Waals surface area contributed by atoms with E-state index in [1.807, 2.05) is 49.4 Å². The van der Waals surface area contributed by atoms with Crippen molar-refractivity contribution in [3.05, 3.63) is 76.9 Å². The Morgan fingerprint density at radius 2 is 1.67 bits per heavy atom. The maximum atomic E-state index is 12.6. The quantitative estimate of drug-likeness (QED) is 0.244. The van der Waals surface area contributed by atoms with Gasteiger partial charge in [-0.25, -0.2) is 14.6 Å². The number of aromatic carboxylic acids is 1. The SMILES string of the molecule is CCCCOC(=O)c1ccccc1-c1ccc(Cn2c(CCCC)nc(C(C)(C)O)c2C(=O)O)cc1. The molecule has 36 heavy (non-hydrogen) atoms. The van der Waals surface area contributed by atoms with Gasteiger partial charge in [0, 0.05) is 13.0 Å². The van der Waals surface area contributed by atoms with E-state index in [0.29, 0.717) is 31.0 Å². The molecular formula is C29H36N2O5. The van der Waals surface area contributed by atoms with Gasteiger partial charge >= 0.3 is 11.9 Å². The van der Waals surface area contributed by atoms with Gasteiger partial charge in [-0.05, 0) is 49.4 Å². The van der Waals surface area contributed by atoms with E-state index >= 15 is 0 Å². The molecule has 2 N–H and O–H groups in total. The zero-order valence-electron chi connectivity index (χ0n) is 21.6. The van der Waals surface area contributed by atoms with Crippen molar-refractivity contribution in [1.82, 2.24) is 9.55 Å². The van der Waals surface area contributed by atoms with Gasteiger partial charge in [0.1, 0.15) is 17.1 Å². The van der Waals surface area contributed by atoms with E-state index in [1.165, 1.54) is 0 Å². The highest BCUT2D eigenvalue weighted by atomic mass is 16.5. The maximum absolute atomic E-state index is 12.6. The summed E-state index contributed by atoms with van der Waals surface area (Å²) < 4.78 is 7.11. The van der Waals surface area contributed by atoms with Gasteiger partial charge in [-0.15, -0.1) is 0 Å². The molecule has 2 aromatic carbocycles. The second-order valence-corrected chi connectivity index (χ2v) is 9.51. The number of hydrogen-bond acceptors (Lipinski definition) is 5. The van der Waals surface area contributed by atoms with Crippen LogP contribution >= 0.6 is 0 Å². The number of carbonyl (C=O) groups is 2. The molecule has 0 aliphatic rings. The Morgan fingerprint density at radius 1 is 1.00 bits per heavy atom. The van der Waals surface area contributed by atoms with Crippen LogP contribution in [0.4, 0.5) is 0 Å². The van der Waals surface area contributed by atoms with Gasteiger partial charge in [-0.3, -0.25) is 0 Å². The largest absolute Gasteiger partial charge is 0.477 e. The van der Waals surface area contributed by atoms with Crippen LogP contribution in [0.3, 0.4) is 0 Å². The molecule has 7 heteroatoms. The van der Waals surface area contributed by atoms with Crippen LogP contribution in [-0.4, -0.2) is 38.3 Å². The number of nitrogens with zero attached hydrogens (tertiary/aromatic N) is 2. The van der Waals surface area contributed by atoms with Crippen LogP contribution in [-0.2, 0) is 23.3 Å². The first-order valence-corrected chi connectivity index (χ1v) is 12.6. The van der Waals surface area contributed by atoms with E-state index in [9.17, 15) is 19.8 Å². The minimum Gasteiger partial charge on any atom is -0.477 e. The number of aliphatic hydroxyl groups is 1. The molecule has 0 radical (unpaired) electrons. The third-order valence-electron chi connectivity index (χ3n) is 6.07. The van der Waals surface area contributed by atoms with Crippen LogP contribution in [0.1, 0.15) is 91.3 Å². The van der Waals surface area contributed by atoms with E-state index in [0.717, 1.165) is 42.4 Å². The third kappa shape index (κ3) is 6.40. The third-order valence-corrected chi connectivity index (χ3v) is 6.07. The van der Waals surface area contributed by atoms with Crippen molar-refractivity contribution in [2.45, 2.75) is 71.9 Å². The molecule has 0 saturated heterocycles. The minimum absolute atomic E-state index is 0.0119. The first-order valence-electron chi connectivity index (χ1n) is 12.6. The highest BCUT2D eigenvalue weighted by molar-refractivity contribution is 5.97. The highest BCUT2D eigenvalue weighted by Crippen LogP contribution is 2.28. The smallest absolute Gasteiger partial charge is 0.354 e. The fourth-order valence-electron chi connectivity index (χ4n) is 4.11. The molecule has 0 aliphatic carbocycles. The summed E-state index contributed by atoms with van der Waals surface area (Å²) in [6.07, 6.45) is 4.21. The summed E-state index contributed by atoms with van der Waals surface area (Å²) in [5.74, 6) is -0.808. The van der Waals surface area contributed by atoms with Crippen molar-refractivity contribution in [3.63, 3.8) is 0 Å². The summed E-state index contributed by atoms with van der Waals surface area (Å²) in [6, 6.07) is 15.1. The first-order chi connectivity index (χ1) is 17.2. The normalized spacial score (nSPS) is 11.5. The van der Waals surface area contributed by atoms with E-state index in [1.54, 1.807) is 24.5 Å². The van der Waals surface area contributed by atoms with Gasteiger partial charge in [0.15, 0.2) is 5.69 Å². The van der Waals surface area contributed by atoms with Crippen LogP contribution in [0.25, 0.3) is 11.1 Å². The number of hydrogen-bond donors (Lipinski definition) is 2. The van der Waals surface area contributed by atoms with E-state index in [2.05, 4.69) is 11.9 Å². The number of rotatable bonds is 12. The second-order valence-electron chi connectivity index (χ2n) is 9.51. The molecule has 0 unspecified atom stereocenters. The molecule has 0 amide bonds. The number of imidazole rings is 1. The molecule has 0 saturated carbocycles. The highest BCUT2D eigenvalue weighted by Gasteiger charge is 2.31. The van der Waals surface area contributed by atoms with Crippen LogP contribution < -0.4 is 0 Å². The number of esters is 1. The topological polar surface area (TPSA) is 102 Å². The van der Waals surface area contributed by atoms with Gasteiger partial charge in [0.25, 0.3) is 0 Å². The molecular weight excluding hydrogens is 456 g/mol. The first kappa shape index (κ1) is 27.1. The Balaban J connectivity index is 1.93.